The Bertz CT molecular complexity index is 182. The lowest BCUT2D eigenvalue weighted by Crippen LogP contribution is -1.59. The number of hydrogen-bond donors (Lipinski definition) is 0. The quantitative estimate of drug-likeness (QED) is 0.430. The fourth-order valence-corrected chi connectivity index (χ4v) is 0.413. The van der Waals surface area contributed by atoms with Crippen molar-refractivity contribution < 1.29 is 0 Å². The van der Waals surface area contributed by atoms with Crippen LogP contribution in [0.3, 0.4) is 0 Å². The molecule has 0 bridgehead atoms. The zero-order chi connectivity index (χ0) is 7.66. The van der Waals surface area contributed by atoms with Crippen molar-refractivity contribution in [2.75, 3.05) is 0 Å². The smallest absolute Gasteiger partial charge is 0.111 e. The standard InChI is InChI=1S/C8H10N2/c1-2-3-4-5-7-10-8-6-9/h2-3,5,7-8H,4H2,1H3. The normalized spacial score (nSPS) is 11.6. The summed E-state index contributed by atoms with van der Waals surface area (Å²) in [5.74, 6) is 0. The fourth-order valence-electron chi connectivity index (χ4n) is 0.413. The molecular weight excluding hydrogens is 124 g/mol. The van der Waals surface area contributed by atoms with Gasteiger partial charge in [-0.15, -0.1) is 0 Å². The van der Waals surface area contributed by atoms with Gasteiger partial charge < -0.3 is 0 Å². The first-order valence-electron chi connectivity index (χ1n) is 3.09. The van der Waals surface area contributed by atoms with E-state index in [1.165, 1.54) is 6.21 Å². The average Bonchev–Trinajstić information content (AvgIpc) is 1.97. The van der Waals surface area contributed by atoms with Crippen LogP contribution in [0.15, 0.2) is 29.4 Å². The van der Waals surface area contributed by atoms with Crippen LogP contribution in [0, 0.1) is 11.3 Å². The molecule has 2 heteroatoms. The van der Waals surface area contributed by atoms with Gasteiger partial charge in [0.15, 0.2) is 0 Å². The summed E-state index contributed by atoms with van der Waals surface area (Å²) in [6, 6.07) is 1.80. The van der Waals surface area contributed by atoms with Crippen LogP contribution in [0.5, 0.6) is 0 Å². The third-order valence-corrected chi connectivity index (χ3v) is 0.832. The second-order valence-electron chi connectivity index (χ2n) is 1.60. The van der Waals surface area contributed by atoms with E-state index in [4.69, 9.17) is 5.26 Å². The summed E-state index contributed by atoms with van der Waals surface area (Å²) < 4.78 is 0. The van der Waals surface area contributed by atoms with Crippen LogP contribution in [0.25, 0.3) is 0 Å². The van der Waals surface area contributed by atoms with Crippen molar-refractivity contribution in [3.05, 3.63) is 24.4 Å². The highest BCUT2D eigenvalue weighted by atomic mass is 14.7. The maximum absolute atomic E-state index is 8.02. The Balaban J connectivity index is 3.40. The molecule has 0 aliphatic carbocycles. The first kappa shape index (κ1) is 8.64. The molecule has 0 aliphatic heterocycles. The minimum absolute atomic E-state index is 0.874. The Hall–Kier alpha value is -1.36. The molecule has 2 nitrogen and oxygen atoms in total. The number of aliphatic imine (C=N–C) groups is 1. The van der Waals surface area contributed by atoms with Gasteiger partial charge in [0.2, 0.25) is 0 Å². The summed E-state index contributed by atoms with van der Waals surface area (Å²) in [6.07, 6.45) is 9.55. The molecule has 0 aromatic heterocycles. The first-order valence-corrected chi connectivity index (χ1v) is 3.09. The first-order chi connectivity index (χ1) is 4.91. The molecule has 0 aromatic rings. The molecule has 52 valence electrons. The molecule has 0 radical (unpaired) electrons. The van der Waals surface area contributed by atoms with Gasteiger partial charge >= 0.3 is 0 Å². The Morgan fingerprint density at radius 1 is 1.50 bits per heavy atom. The molecule has 0 unspecified atom stereocenters. The van der Waals surface area contributed by atoms with Crippen LogP contribution in [0.4, 0.5) is 0 Å². The van der Waals surface area contributed by atoms with Gasteiger partial charge in [-0.2, -0.15) is 5.26 Å². The maximum Gasteiger partial charge on any atom is 0.111 e. The second kappa shape index (κ2) is 7.64. The molecule has 0 saturated heterocycles. The van der Waals surface area contributed by atoms with Crippen LogP contribution >= 0.6 is 0 Å². The van der Waals surface area contributed by atoms with Gasteiger partial charge in [-0.25, -0.2) is 0 Å². The highest BCUT2D eigenvalue weighted by Gasteiger charge is 1.65. The highest BCUT2D eigenvalue weighted by molar-refractivity contribution is 5.75. The van der Waals surface area contributed by atoms with Crippen LogP contribution < -0.4 is 0 Å². The lowest BCUT2D eigenvalue weighted by molar-refractivity contribution is 1.35. The van der Waals surface area contributed by atoms with Crippen molar-refractivity contribution in [1.29, 1.82) is 5.26 Å². The molecule has 0 spiro atoms. The van der Waals surface area contributed by atoms with E-state index < -0.39 is 0 Å². The van der Waals surface area contributed by atoms with E-state index in [0.29, 0.717) is 0 Å². The summed E-state index contributed by atoms with van der Waals surface area (Å²) in [5, 5.41) is 8.02. The SMILES string of the molecule is CC=CCC=CN=CC#N. The highest BCUT2D eigenvalue weighted by Crippen LogP contribution is 1.84. The Morgan fingerprint density at radius 2 is 2.30 bits per heavy atom. The van der Waals surface area contributed by atoms with Crippen LogP contribution in [-0.2, 0) is 0 Å². The van der Waals surface area contributed by atoms with Crippen LogP contribution in [-0.4, -0.2) is 6.21 Å². The predicted octanol–water partition coefficient (Wildman–Crippen LogP) is 2.06. The minimum Gasteiger partial charge on any atom is -0.254 e. The van der Waals surface area contributed by atoms with Crippen LogP contribution in [0.1, 0.15) is 13.3 Å². The van der Waals surface area contributed by atoms with Crippen molar-refractivity contribution in [2.45, 2.75) is 13.3 Å². The number of nitriles is 1. The summed E-state index contributed by atoms with van der Waals surface area (Å²) in [7, 11) is 0. The van der Waals surface area contributed by atoms with Crippen molar-refractivity contribution in [2.24, 2.45) is 4.99 Å². The number of hydrogen-bond acceptors (Lipinski definition) is 2. The molecule has 0 saturated carbocycles. The zero-order valence-electron chi connectivity index (χ0n) is 5.99. The molecular formula is C8H10N2. The van der Waals surface area contributed by atoms with Gasteiger partial charge in [0.25, 0.3) is 0 Å². The topological polar surface area (TPSA) is 36.1 Å². The molecule has 0 atom stereocenters. The third kappa shape index (κ3) is 6.64. The summed E-state index contributed by atoms with van der Waals surface area (Å²) in [4.78, 5) is 3.66. The molecule has 0 fully saturated rings. The monoisotopic (exact) mass is 134 g/mol. The zero-order valence-corrected chi connectivity index (χ0v) is 5.99. The Labute approximate surface area is 61.2 Å². The number of allylic oxidation sites excluding steroid dienone is 3. The number of nitrogens with zero attached hydrogens (tertiary/aromatic N) is 2. The van der Waals surface area contributed by atoms with Gasteiger partial charge in [0.1, 0.15) is 12.3 Å². The lowest BCUT2D eigenvalue weighted by atomic mass is 10.4. The number of rotatable bonds is 3. The molecule has 0 aromatic carbocycles. The van der Waals surface area contributed by atoms with Gasteiger partial charge in [-0.1, -0.05) is 18.2 Å². The van der Waals surface area contributed by atoms with Gasteiger partial charge in [-0.05, 0) is 13.3 Å². The molecule has 0 rings (SSSR count). The van der Waals surface area contributed by atoms with E-state index in [1.807, 2.05) is 25.2 Å². The largest absolute Gasteiger partial charge is 0.254 e. The van der Waals surface area contributed by atoms with Gasteiger partial charge in [-0.3, -0.25) is 4.99 Å². The van der Waals surface area contributed by atoms with E-state index in [2.05, 4.69) is 4.99 Å². The fraction of sp³-hybridized carbons (Fsp3) is 0.250. The Kier molecular flexibility index (Phi) is 6.60. The van der Waals surface area contributed by atoms with E-state index in [1.54, 1.807) is 12.3 Å². The predicted molar refractivity (Wildman–Crippen MR) is 42.7 cm³/mol. The van der Waals surface area contributed by atoms with E-state index in [9.17, 15) is 0 Å². The van der Waals surface area contributed by atoms with Gasteiger partial charge in [0.05, 0.1) is 0 Å². The minimum atomic E-state index is 0.874. The van der Waals surface area contributed by atoms with Crippen molar-refractivity contribution >= 4 is 6.21 Å². The second-order valence-corrected chi connectivity index (χ2v) is 1.60. The molecule has 0 aliphatic rings. The molecule has 0 amide bonds. The summed E-state index contributed by atoms with van der Waals surface area (Å²) in [5.41, 5.74) is 0. The maximum atomic E-state index is 8.02. The lowest BCUT2D eigenvalue weighted by Gasteiger charge is -1.75. The van der Waals surface area contributed by atoms with Crippen molar-refractivity contribution in [3.63, 3.8) is 0 Å². The van der Waals surface area contributed by atoms with Crippen molar-refractivity contribution in [1.82, 2.24) is 0 Å². The summed E-state index contributed by atoms with van der Waals surface area (Å²) >= 11 is 0. The van der Waals surface area contributed by atoms with Crippen LogP contribution in [0.2, 0.25) is 0 Å². The molecule has 10 heavy (non-hydrogen) atoms. The average molecular weight is 134 g/mol. The van der Waals surface area contributed by atoms with Crippen molar-refractivity contribution in [3.8, 4) is 6.07 Å². The Morgan fingerprint density at radius 3 is 2.90 bits per heavy atom. The summed E-state index contributed by atoms with van der Waals surface area (Å²) in [6.45, 7) is 1.96. The van der Waals surface area contributed by atoms with E-state index in [0.717, 1.165) is 6.42 Å². The third-order valence-electron chi connectivity index (χ3n) is 0.832. The van der Waals surface area contributed by atoms with E-state index in [-0.39, 0.29) is 0 Å². The van der Waals surface area contributed by atoms with Gasteiger partial charge in [0, 0.05) is 6.20 Å². The molecule has 0 heterocycles. The van der Waals surface area contributed by atoms with E-state index >= 15 is 0 Å². The molecule has 0 N–H and O–H groups in total.